The molecule has 1 unspecified atom stereocenters. The van der Waals surface area contributed by atoms with E-state index in [9.17, 15) is 15.0 Å². The van der Waals surface area contributed by atoms with E-state index < -0.39 is 6.10 Å². The van der Waals surface area contributed by atoms with Crippen LogP contribution in [0.5, 0.6) is 11.5 Å². The number of nitriles is 1. The molecule has 0 aliphatic carbocycles. The van der Waals surface area contributed by atoms with Gasteiger partial charge in [-0.3, -0.25) is 9.69 Å². The highest BCUT2D eigenvalue weighted by molar-refractivity contribution is 5.98. The molecule has 1 aromatic carbocycles. The smallest absolute Gasteiger partial charge is 0.176 e. The van der Waals surface area contributed by atoms with Crippen LogP contribution in [0.4, 0.5) is 0 Å². The zero-order valence-electron chi connectivity index (χ0n) is 10.2. The third kappa shape index (κ3) is 3.22. The van der Waals surface area contributed by atoms with E-state index in [2.05, 4.69) is 0 Å². The molecular weight excluding hydrogens is 248 g/mol. The highest BCUT2D eigenvalue weighted by Gasteiger charge is 2.22. The van der Waals surface area contributed by atoms with Crippen molar-refractivity contribution in [2.24, 2.45) is 0 Å². The lowest BCUT2D eigenvalue weighted by Crippen LogP contribution is -2.44. The number of rotatable bonds is 3. The maximum atomic E-state index is 12.0. The molecule has 2 rings (SSSR count). The fourth-order valence-electron chi connectivity index (χ4n) is 1.92. The van der Waals surface area contributed by atoms with Gasteiger partial charge >= 0.3 is 0 Å². The van der Waals surface area contributed by atoms with E-state index in [1.165, 1.54) is 18.2 Å². The maximum absolute atomic E-state index is 12.0. The van der Waals surface area contributed by atoms with Crippen LogP contribution in [0.15, 0.2) is 18.2 Å². The highest BCUT2D eigenvalue weighted by Crippen LogP contribution is 2.25. The number of hydrogen-bond acceptors (Lipinski definition) is 6. The average Bonchev–Trinajstić information content (AvgIpc) is 2.42. The molecule has 0 amide bonds. The SMILES string of the molecule is N#CC1CN(CC(=O)c2ccc(O)c(O)c2)CCO1. The number of carbonyl (C=O) groups excluding carboxylic acids is 1. The second kappa shape index (κ2) is 5.69. The lowest BCUT2D eigenvalue weighted by atomic mass is 10.1. The summed E-state index contributed by atoms with van der Waals surface area (Å²) in [6.45, 7) is 1.57. The summed E-state index contributed by atoms with van der Waals surface area (Å²) in [6.07, 6.45) is -0.505. The fourth-order valence-corrected chi connectivity index (χ4v) is 1.92. The Morgan fingerprint density at radius 3 is 2.95 bits per heavy atom. The molecule has 1 heterocycles. The largest absolute Gasteiger partial charge is 0.504 e. The van der Waals surface area contributed by atoms with Crippen molar-refractivity contribution in [2.75, 3.05) is 26.2 Å². The van der Waals surface area contributed by atoms with E-state index in [4.69, 9.17) is 10.00 Å². The van der Waals surface area contributed by atoms with Crippen molar-refractivity contribution in [1.29, 1.82) is 5.26 Å². The molecule has 0 aromatic heterocycles. The minimum Gasteiger partial charge on any atom is -0.504 e. The Morgan fingerprint density at radius 1 is 1.47 bits per heavy atom. The van der Waals surface area contributed by atoms with Crippen molar-refractivity contribution in [1.82, 2.24) is 4.90 Å². The third-order valence-electron chi connectivity index (χ3n) is 2.96. The first kappa shape index (κ1) is 13.3. The van der Waals surface area contributed by atoms with Crippen molar-refractivity contribution in [3.63, 3.8) is 0 Å². The van der Waals surface area contributed by atoms with Gasteiger partial charge in [-0.2, -0.15) is 5.26 Å². The van der Waals surface area contributed by atoms with Crippen LogP contribution in [0, 0.1) is 11.3 Å². The number of carbonyl (C=O) groups is 1. The maximum Gasteiger partial charge on any atom is 0.176 e. The molecule has 1 fully saturated rings. The van der Waals surface area contributed by atoms with E-state index in [0.717, 1.165) is 0 Å². The molecule has 6 nitrogen and oxygen atoms in total. The fraction of sp³-hybridized carbons (Fsp3) is 0.385. The number of benzene rings is 1. The van der Waals surface area contributed by atoms with Gasteiger partial charge in [-0.25, -0.2) is 0 Å². The molecule has 1 aliphatic rings. The number of nitrogens with zero attached hydrogens (tertiary/aromatic N) is 2. The molecule has 6 heteroatoms. The van der Waals surface area contributed by atoms with Gasteiger partial charge in [0.25, 0.3) is 0 Å². The van der Waals surface area contributed by atoms with Crippen LogP contribution in [0.1, 0.15) is 10.4 Å². The van der Waals surface area contributed by atoms with E-state index in [0.29, 0.717) is 25.3 Å². The summed E-state index contributed by atoms with van der Waals surface area (Å²) in [5.41, 5.74) is 0.329. The summed E-state index contributed by atoms with van der Waals surface area (Å²) in [5.74, 6) is -0.746. The Morgan fingerprint density at radius 2 is 2.26 bits per heavy atom. The number of morpholine rings is 1. The molecule has 1 aromatic rings. The minimum absolute atomic E-state index is 0.158. The van der Waals surface area contributed by atoms with Gasteiger partial charge in [0.1, 0.15) is 0 Å². The number of hydrogen-bond donors (Lipinski definition) is 2. The van der Waals surface area contributed by atoms with Crippen LogP contribution in [0.2, 0.25) is 0 Å². The van der Waals surface area contributed by atoms with Gasteiger partial charge in [-0.1, -0.05) is 0 Å². The van der Waals surface area contributed by atoms with Crippen LogP contribution in [-0.2, 0) is 4.74 Å². The Labute approximate surface area is 110 Å². The Hall–Kier alpha value is -2.10. The first-order valence-corrected chi connectivity index (χ1v) is 5.89. The van der Waals surface area contributed by atoms with Crippen molar-refractivity contribution >= 4 is 5.78 Å². The summed E-state index contributed by atoms with van der Waals surface area (Å²) in [5, 5.41) is 27.3. The van der Waals surface area contributed by atoms with Crippen molar-refractivity contribution < 1.29 is 19.7 Å². The molecule has 0 spiro atoms. The number of phenolic OH excluding ortho intramolecular Hbond substituents is 2. The van der Waals surface area contributed by atoms with E-state index in [1.807, 2.05) is 11.0 Å². The standard InChI is InChI=1S/C13H14N2O4/c14-6-10-7-15(3-4-19-10)8-13(18)9-1-2-11(16)12(17)5-9/h1-2,5,10,16-17H,3-4,7-8H2. The Kier molecular flexibility index (Phi) is 4.00. The van der Waals surface area contributed by atoms with E-state index in [1.54, 1.807) is 0 Å². The number of Topliss-reactive ketones (excluding diaryl/α,β-unsaturated/α-hetero) is 1. The minimum atomic E-state index is -0.505. The van der Waals surface area contributed by atoms with Crippen LogP contribution >= 0.6 is 0 Å². The molecule has 100 valence electrons. The van der Waals surface area contributed by atoms with Gasteiger partial charge in [-0.05, 0) is 18.2 Å². The lowest BCUT2D eigenvalue weighted by molar-refractivity contribution is 0.00240. The zero-order chi connectivity index (χ0) is 13.8. The van der Waals surface area contributed by atoms with Gasteiger partial charge in [0.2, 0.25) is 0 Å². The molecule has 0 bridgehead atoms. The normalized spacial score (nSPS) is 19.8. The number of ether oxygens (including phenoxy) is 1. The van der Waals surface area contributed by atoms with Crippen LogP contribution in [0.25, 0.3) is 0 Å². The molecule has 2 N–H and O–H groups in total. The molecule has 1 saturated heterocycles. The first-order chi connectivity index (χ1) is 9.10. The molecule has 0 saturated carbocycles. The quantitative estimate of drug-likeness (QED) is 0.608. The van der Waals surface area contributed by atoms with Gasteiger partial charge in [-0.15, -0.1) is 0 Å². The van der Waals surface area contributed by atoms with Crippen molar-refractivity contribution in [2.45, 2.75) is 6.10 Å². The first-order valence-electron chi connectivity index (χ1n) is 5.89. The third-order valence-corrected chi connectivity index (χ3v) is 2.96. The highest BCUT2D eigenvalue weighted by atomic mass is 16.5. The molecule has 1 aliphatic heterocycles. The summed E-state index contributed by atoms with van der Waals surface area (Å²) >= 11 is 0. The lowest BCUT2D eigenvalue weighted by Gasteiger charge is -2.28. The van der Waals surface area contributed by atoms with Crippen LogP contribution in [0.3, 0.4) is 0 Å². The van der Waals surface area contributed by atoms with E-state index >= 15 is 0 Å². The van der Waals surface area contributed by atoms with Crippen LogP contribution < -0.4 is 0 Å². The Balaban J connectivity index is 2.00. The summed E-state index contributed by atoms with van der Waals surface area (Å²) in [4.78, 5) is 13.9. The zero-order valence-corrected chi connectivity index (χ0v) is 10.2. The Bertz CT molecular complexity index is 524. The average molecular weight is 262 g/mol. The molecule has 1 atom stereocenters. The molecule has 19 heavy (non-hydrogen) atoms. The van der Waals surface area contributed by atoms with Gasteiger partial charge in [0, 0.05) is 18.7 Å². The second-order valence-electron chi connectivity index (χ2n) is 4.35. The van der Waals surface area contributed by atoms with Crippen LogP contribution in [-0.4, -0.2) is 53.2 Å². The number of aromatic hydroxyl groups is 2. The van der Waals surface area contributed by atoms with Gasteiger partial charge in [0.05, 0.1) is 19.2 Å². The van der Waals surface area contributed by atoms with E-state index in [-0.39, 0.29) is 23.8 Å². The van der Waals surface area contributed by atoms with Gasteiger partial charge < -0.3 is 14.9 Å². The number of phenols is 2. The second-order valence-corrected chi connectivity index (χ2v) is 4.35. The predicted octanol–water partition coefficient (Wildman–Crippen LogP) is 0.505. The summed E-state index contributed by atoms with van der Waals surface area (Å²) in [7, 11) is 0. The van der Waals surface area contributed by atoms with Crippen molar-refractivity contribution in [3.05, 3.63) is 23.8 Å². The molecule has 0 radical (unpaired) electrons. The number of ketones is 1. The van der Waals surface area contributed by atoms with Gasteiger partial charge in [0.15, 0.2) is 23.4 Å². The monoisotopic (exact) mass is 262 g/mol. The predicted molar refractivity (Wildman–Crippen MR) is 65.9 cm³/mol. The topological polar surface area (TPSA) is 93.8 Å². The summed E-state index contributed by atoms with van der Waals surface area (Å²) < 4.78 is 5.19. The molecular formula is C13H14N2O4. The van der Waals surface area contributed by atoms with Crippen molar-refractivity contribution in [3.8, 4) is 17.6 Å². The summed E-state index contributed by atoms with van der Waals surface area (Å²) in [6, 6.07) is 5.99.